The summed E-state index contributed by atoms with van der Waals surface area (Å²) in [7, 11) is 0. The van der Waals surface area contributed by atoms with Crippen molar-refractivity contribution in [1.82, 2.24) is 14.9 Å². The quantitative estimate of drug-likeness (QED) is 0.922. The van der Waals surface area contributed by atoms with Crippen molar-refractivity contribution in [2.24, 2.45) is 0 Å². The molecule has 23 heavy (non-hydrogen) atoms. The van der Waals surface area contributed by atoms with Gasteiger partial charge in [0.15, 0.2) is 0 Å². The third-order valence-electron chi connectivity index (χ3n) is 4.31. The van der Waals surface area contributed by atoms with Gasteiger partial charge < -0.3 is 9.88 Å². The normalized spacial score (nSPS) is 12.4. The molecule has 0 aliphatic carbocycles. The molecule has 1 atom stereocenters. The van der Waals surface area contributed by atoms with Crippen molar-refractivity contribution >= 4 is 16.9 Å². The number of fused-ring (bicyclic) bond motifs is 1. The van der Waals surface area contributed by atoms with Gasteiger partial charge in [-0.3, -0.25) is 9.59 Å². The zero-order chi connectivity index (χ0) is 17.1. The summed E-state index contributed by atoms with van der Waals surface area (Å²) in [4.78, 5) is 28.8. The van der Waals surface area contributed by atoms with E-state index in [2.05, 4.69) is 10.3 Å². The molecule has 2 rings (SSSR count). The number of amides is 1. The molecule has 0 aliphatic rings. The van der Waals surface area contributed by atoms with Crippen LogP contribution in [-0.4, -0.2) is 21.5 Å². The molecule has 2 aromatic rings. The Morgan fingerprint density at radius 1 is 1.26 bits per heavy atom. The fourth-order valence-electron chi connectivity index (χ4n) is 2.51. The number of aromatic nitrogens is 2. The summed E-state index contributed by atoms with van der Waals surface area (Å²) in [5.74, 6) is -0.0299. The minimum absolute atomic E-state index is 0.0299. The van der Waals surface area contributed by atoms with Crippen molar-refractivity contribution in [3.05, 3.63) is 39.3 Å². The largest absolute Gasteiger partial charge is 0.354 e. The molecule has 1 N–H and O–H groups in total. The standard InChI is InChI=1S/C18H25N3O2/c1-6-13(4)19-17(22)7-8-21-16-10-12(3)11(2)9-15(16)20-14(5)18(21)23/h9-10,13H,6-8H2,1-5H3,(H,19,22)/t13-/m1/s1. The lowest BCUT2D eigenvalue weighted by Crippen LogP contribution is -2.34. The fraction of sp³-hybridized carbons (Fsp3) is 0.500. The average molecular weight is 315 g/mol. The fourth-order valence-corrected chi connectivity index (χ4v) is 2.51. The van der Waals surface area contributed by atoms with Gasteiger partial charge in [-0.25, -0.2) is 4.98 Å². The monoisotopic (exact) mass is 315 g/mol. The van der Waals surface area contributed by atoms with Crippen LogP contribution in [0.2, 0.25) is 0 Å². The average Bonchev–Trinajstić information content (AvgIpc) is 2.50. The Morgan fingerprint density at radius 2 is 1.91 bits per heavy atom. The van der Waals surface area contributed by atoms with E-state index in [1.165, 1.54) is 0 Å². The van der Waals surface area contributed by atoms with Crippen LogP contribution in [0.25, 0.3) is 11.0 Å². The maximum atomic E-state index is 12.4. The van der Waals surface area contributed by atoms with E-state index in [0.29, 0.717) is 12.2 Å². The summed E-state index contributed by atoms with van der Waals surface area (Å²) in [5, 5.41) is 2.93. The van der Waals surface area contributed by atoms with Crippen molar-refractivity contribution in [3.63, 3.8) is 0 Å². The summed E-state index contributed by atoms with van der Waals surface area (Å²) in [6.45, 7) is 10.1. The Labute approximate surface area is 136 Å². The first-order valence-corrected chi connectivity index (χ1v) is 8.11. The highest BCUT2D eigenvalue weighted by Gasteiger charge is 2.12. The van der Waals surface area contributed by atoms with Crippen LogP contribution < -0.4 is 10.9 Å². The predicted molar refractivity (Wildman–Crippen MR) is 92.7 cm³/mol. The molecule has 124 valence electrons. The molecule has 0 fully saturated rings. The highest BCUT2D eigenvalue weighted by molar-refractivity contribution is 5.78. The molecule has 0 bridgehead atoms. The van der Waals surface area contributed by atoms with Crippen LogP contribution in [0.3, 0.4) is 0 Å². The van der Waals surface area contributed by atoms with E-state index in [9.17, 15) is 9.59 Å². The smallest absolute Gasteiger partial charge is 0.272 e. The van der Waals surface area contributed by atoms with Gasteiger partial charge in [-0.15, -0.1) is 0 Å². The number of hydrogen-bond donors (Lipinski definition) is 1. The van der Waals surface area contributed by atoms with Crippen LogP contribution in [0.4, 0.5) is 0 Å². The van der Waals surface area contributed by atoms with E-state index in [4.69, 9.17) is 0 Å². The van der Waals surface area contributed by atoms with Gasteiger partial charge in [-0.1, -0.05) is 6.92 Å². The van der Waals surface area contributed by atoms with Crippen LogP contribution >= 0.6 is 0 Å². The summed E-state index contributed by atoms with van der Waals surface area (Å²) in [6, 6.07) is 4.12. The van der Waals surface area contributed by atoms with Crippen LogP contribution in [-0.2, 0) is 11.3 Å². The molecular formula is C18H25N3O2. The van der Waals surface area contributed by atoms with Gasteiger partial charge >= 0.3 is 0 Å². The molecule has 1 aromatic carbocycles. The molecule has 5 nitrogen and oxygen atoms in total. The van der Waals surface area contributed by atoms with E-state index in [1.807, 2.05) is 39.8 Å². The molecule has 0 unspecified atom stereocenters. The molecule has 0 saturated carbocycles. The summed E-state index contributed by atoms with van der Waals surface area (Å²) in [6.07, 6.45) is 1.18. The molecule has 1 aromatic heterocycles. The van der Waals surface area contributed by atoms with Crippen molar-refractivity contribution in [2.75, 3.05) is 0 Å². The summed E-state index contributed by atoms with van der Waals surface area (Å²) in [5.41, 5.74) is 4.18. The lowest BCUT2D eigenvalue weighted by atomic mass is 10.1. The number of benzene rings is 1. The Balaban J connectivity index is 2.36. The van der Waals surface area contributed by atoms with Crippen molar-refractivity contribution in [3.8, 4) is 0 Å². The lowest BCUT2D eigenvalue weighted by molar-refractivity contribution is -0.121. The van der Waals surface area contributed by atoms with Gasteiger partial charge in [0.05, 0.1) is 11.0 Å². The number of carbonyl (C=O) groups is 1. The van der Waals surface area contributed by atoms with E-state index in [1.54, 1.807) is 11.5 Å². The lowest BCUT2D eigenvalue weighted by Gasteiger charge is -2.14. The molecule has 0 spiro atoms. The highest BCUT2D eigenvalue weighted by Crippen LogP contribution is 2.17. The van der Waals surface area contributed by atoms with E-state index >= 15 is 0 Å². The molecular weight excluding hydrogens is 290 g/mol. The van der Waals surface area contributed by atoms with Gasteiger partial charge in [0, 0.05) is 19.0 Å². The van der Waals surface area contributed by atoms with Crippen LogP contribution in [0.1, 0.15) is 43.5 Å². The van der Waals surface area contributed by atoms with Crippen LogP contribution in [0.15, 0.2) is 16.9 Å². The third kappa shape index (κ3) is 3.78. The predicted octanol–water partition coefficient (Wildman–Crippen LogP) is 2.63. The number of hydrogen-bond acceptors (Lipinski definition) is 3. The molecule has 5 heteroatoms. The van der Waals surface area contributed by atoms with Gasteiger partial charge in [0.2, 0.25) is 5.91 Å². The summed E-state index contributed by atoms with van der Waals surface area (Å²) < 4.78 is 1.67. The maximum absolute atomic E-state index is 12.4. The number of carbonyl (C=O) groups excluding carboxylic acids is 1. The topological polar surface area (TPSA) is 64.0 Å². The molecule has 0 radical (unpaired) electrons. The van der Waals surface area contributed by atoms with Gasteiger partial charge in [-0.05, 0) is 57.4 Å². The maximum Gasteiger partial charge on any atom is 0.272 e. The van der Waals surface area contributed by atoms with Crippen molar-refractivity contribution < 1.29 is 4.79 Å². The SMILES string of the molecule is CC[C@@H](C)NC(=O)CCn1c(=O)c(C)nc2cc(C)c(C)cc21. The first-order chi connectivity index (χ1) is 10.8. The van der Waals surface area contributed by atoms with E-state index < -0.39 is 0 Å². The first kappa shape index (κ1) is 17.2. The number of aryl methyl sites for hydroxylation is 4. The van der Waals surface area contributed by atoms with Gasteiger partial charge in [-0.2, -0.15) is 0 Å². The Morgan fingerprint density at radius 3 is 2.57 bits per heavy atom. The molecule has 1 amide bonds. The first-order valence-electron chi connectivity index (χ1n) is 8.11. The highest BCUT2D eigenvalue weighted by atomic mass is 16.2. The number of nitrogens with zero attached hydrogens (tertiary/aromatic N) is 2. The number of nitrogens with one attached hydrogen (secondary N) is 1. The van der Waals surface area contributed by atoms with Gasteiger partial charge in [0.25, 0.3) is 5.56 Å². The minimum atomic E-state index is -0.128. The van der Waals surface area contributed by atoms with Crippen molar-refractivity contribution in [1.29, 1.82) is 0 Å². The second-order valence-electron chi connectivity index (χ2n) is 6.21. The Bertz CT molecular complexity index is 793. The van der Waals surface area contributed by atoms with Gasteiger partial charge in [0.1, 0.15) is 5.69 Å². The minimum Gasteiger partial charge on any atom is -0.354 e. The van der Waals surface area contributed by atoms with E-state index in [-0.39, 0.29) is 23.9 Å². The zero-order valence-corrected chi connectivity index (χ0v) is 14.6. The van der Waals surface area contributed by atoms with E-state index in [0.717, 1.165) is 28.6 Å². The Hall–Kier alpha value is -2.17. The zero-order valence-electron chi connectivity index (χ0n) is 14.6. The second kappa shape index (κ2) is 6.94. The van der Waals surface area contributed by atoms with Crippen molar-refractivity contribution in [2.45, 2.75) is 60.0 Å². The van der Waals surface area contributed by atoms with Crippen LogP contribution in [0.5, 0.6) is 0 Å². The van der Waals surface area contributed by atoms with Crippen LogP contribution in [0, 0.1) is 20.8 Å². The summed E-state index contributed by atoms with van der Waals surface area (Å²) >= 11 is 0. The molecule has 0 aliphatic heterocycles. The molecule has 0 saturated heterocycles. The molecule has 1 heterocycles. The third-order valence-corrected chi connectivity index (χ3v) is 4.31. The Kier molecular flexibility index (Phi) is 5.19. The second-order valence-corrected chi connectivity index (χ2v) is 6.21. The number of rotatable bonds is 5.